The van der Waals surface area contributed by atoms with Crippen LogP contribution < -0.4 is 14.8 Å². The molecule has 0 spiro atoms. The normalized spacial score (nSPS) is 10.2. The molecule has 0 saturated heterocycles. The highest BCUT2D eigenvalue weighted by Gasteiger charge is 2.09. The average molecular weight is 483 g/mol. The Hall–Kier alpha value is -2.29. The van der Waals surface area contributed by atoms with Crippen molar-refractivity contribution in [1.82, 2.24) is 0 Å². The van der Waals surface area contributed by atoms with Crippen LogP contribution in [0.3, 0.4) is 0 Å². The third-order valence-electron chi connectivity index (χ3n) is 3.54. The molecule has 0 aromatic heterocycles. The number of halogens is 1. The third kappa shape index (κ3) is 7.46. The second-order valence-electron chi connectivity index (χ2n) is 5.67. The Morgan fingerprint density at radius 1 is 1.04 bits per heavy atom. The number of ether oxygens (including phenoxy) is 3. The lowest BCUT2D eigenvalue weighted by molar-refractivity contribution is -0.147. The van der Waals surface area contributed by atoms with Crippen LogP contribution in [0, 0.1) is 10.5 Å². The Kier molecular flexibility index (Phi) is 8.38. The molecule has 1 amide bonds. The molecule has 0 fully saturated rings. The maximum absolute atomic E-state index is 11.9. The molecule has 0 atom stereocenters. The molecule has 0 bridgehead atoms. The van der Waals surface area contributed by atoms with Gasteiger partial charge >= 0.3 is 5.97 Å². The van der Waals surface area contributed by atoms with Gasteiger partial charge in [0.05, 0.1) is 19.6 Å². The summed E-state index contributed by atoms with van der Waals surface area (Å²) >= 11 is 2.20. The zero-order chi connectivity index (χ0) is 19.6. The number of carbonyl (C=O) groups is 2. The molecule has 0 aliphatic carbocycles. The number of amides is 1. The Bertz CT molecular complexity index is 776. The van der Waals surface area contributed by atoms with Crippen LogP contribution in [-0.2, 0) is 14.3 Å². The zero-order valence-electron chi connectivity index (χ0n) is 15.3. The van der Waals surface area contributed by atoms with E-state index in [0.717, 1.165) is 14.9 Å². The Morgan fingerprint density at radius 3 is 2.33 bits per heavy atom. The van der Waals surface area contributed by atoms with Crippen LogP contribution in [0.15, 0.2) is 42.5 Å². The minimum absolute atomic E-state index is 0.0586. The van der Waals surface area contributed by atoms with Gasteiger partial charge in [-0.05, 0) is 84.5 Å². The van der Waals surface area contributed by atoms with E-state index in [2.05, 4.69) is 27.9 Å². The summed E-state index contributed by atoms with van der Waals surface area (Å²) in [5.74, 6) is 0.535. The largest absolute Gasteiger partial charge is 0.494 e. The minimum Gasteiger partial charge on any atom is -0.494 e. The fraction of sp³-hybridized carbons (Fsp3) is 0.300. The predicted molar refractivity (Wildman–Crippen MR) is 111 cm³/mol. The summed E-state index contributed by atoms with van der Waals surface area (Å²) in [7, 11) is 0. The van der Waals surface area contributed by atoms with E-state index < -0.39 is 5.97 Å². The summed E-state index contributed by atoms with van der Waals surface area (Å²) in [6, 6.07) is 12.8. The fourth-order valence-electron chi connectivity index (χ4n) is 2.22. The molecule has 0 unspecified atom stereocenters. The quantitative estimate of drug-likeness (QED) is 0.432. The smallest absolute Gasteiger partial charge is 0.309 e. The lowest BCUT2D eigenvalue weighted by atomic mass is 10.2. The van der Waals surface area contributed by atoms with Gasteiger partial charge in [-0.25, -0.2) is 0 Å². The van der Waals surface area contributed by atoms with Crippen LogP contribution in [0.5, 0.6) is 11.5 Å². The maximum Gasteiger partial charge on any atom is 0.309 e. The van der Waals surface area contributed by atoms with Crippen molar-refractivity contribution in [2.75, 3.05) is 25.1 Å². The molecule has 6 nitrogen and oxygen atoms in total. The van der Waals surface area contributed by atoms with E-state index in [9.17, 15) is 9.59 Å². The molecule has 2 rings (SSSR count). The molecule has 0 heterocycles. The highest BCUT2D eigenvalue weighted by molar-refractivity contribution is 14.1. The third-order valence-corrected chi connectivity index (χ3v) is 4.21. The van der Waals surface area contributed by atoms with Crippen molar-refractivity contribution in [1.29, 1.82) is 0 Å². The highest BCUT2D eigenvalue weighted by Crippen LogP contribution is 2.18. The molecular weight excluding hydrogens is 461 g/mol. The summed E-state index contributed by atoms with van der Waals surface area (Å²) in [6.07, 6.45) is 0.0586. The standard InChI is InChI=1S/C20H22INO5/c1-3-25-16-5-7-17(8-6-16)26-11-10-20(24)27-13-19(23)22-18-9-4-15(21)12-14(18)2/h4-9,12H,3,10-11,13H2,1-2H3,(H,22,23). The molecule has 0 radical (unpaired) electrons. The first-order valence-corrected chi connectivity index (χ1v) is 9.63. The van der Waals surface area contributed by atoms with Crippen molar-refractivity contribution < 1.29 is 23.8 Å². The van der Waals surface area contributed by atoms with Crippen molar-refractivity contribution in [2.24, 2.45) is 0 Å². The number of hydrogen-bond acceptors (Lipinski definition) is 5. The molecule has 7 heteroatoms. The van der Waals surface area contributed by atoms with Crippen molar-refractivity contribution in [3.05, 3.63) is 51.6 Å². The van der Waals surface area contributed by atoms with E-state index >= 15 is 0 Å². The summed E-state index contributed by atoms with van der Waals surface area (Å²) in [4.78, 5) is 23.6. The van der Waals surface area contributed by atoms with Crippen LogP contribution in [0.4, 0.5) is 5.69 Å². The highest BCUT2D eigenvalue weighted by atomic mass is 127. The van der Waals surface area contributed by atoms with Gasteiger partial charge in [0.2, 0.25) is 0 Å². The van der Waals surface area contributed by atoms with E-state index in [1.54, 1.807) is 24.3 Å². The van der Waals surface area contributed by atoms with Crippen molar-refractivity contribution >= 4 is 40.2 Å². The van der Waals surface area contributed by atoms with Gasteiger partial charge in [0.25, 0.3) is 5.91 Å². The average Bonchev–Trinajstić information content (AvgIpc) is 2.64. The van der Waals surface area contributed by atoms with Crippen LogP contribution in [0.2, 0.25) is 0 Å². The van der Waals surface area contributed by atoms with Gasteiger partial charge in [-0.3, -0.25) is 9.59 Å². The lowest BCUT2D eigenvalue weighted by Crippen LogP contribution is -2.22. The van der Waals surface area contributed by atoms with Gasteiger partial charge in [0, 0.05) is 9.26 Å². The second-order valence-corrected chi connectivity index (χ2v) is 6.92. The van der Waals surface area contributed by atoms with Gasteiger partial charge in [-0.1, -0.05) is 0 Å². The lowest BCUT2D eigenvalue weighted by Gasteiger charge is -2.10. The van der Waals surface area contributed by atoms with Gasteiger partial charge in [0.1, 0.15) is 11.5 Å². The van der Waals surface area contributed by atoms with Crippen LogP contribution >= 0.6 is 22.6 Å². The van der Waals surface area contributed by atoms with Gasteiger partial charge in [-0.2, -0.15) is 0 Å². The Morgan fingerprint density at radius 2 is 1.70 bits per heavy atom. The first-order chi connectivity index (χ1) is 13.0. The van der Waals surface area contributed by atoms with E-state index in [-0.39, 0.29) is 25.5 Å². The Balaban J connectivity index is 1.67. The van der Waals surface area contributed by atoms with Gasteiger partial charge in [-0.15, -0.1) is 0 Å². The molecule has 2 aromatic rings. The van der Waals surface area contributed by atoms with Crippen molar-refractivity contribution in [3.8, 4) is 11.5 Å². The van der Waals surface area contributed by atoms with Crippen LogP contribution in [0.25, 0.3) is 0 Å². The maximum atomic E-state index is 11.9. The number of anilines is 1. The number of aryl methyl sites for hydroxylation is 1. The molecule has 2 aromatic carbocycles. The predicted octanol–water partition coefficient (Wildman–Crippen LogP) is 3.95. The molecule has 0 saturated carbocycles. The summed E-state index contributed by atoms with van der Waals surface area (Å²) in [5, 5.41) is 2.73. The summed E-state index contributed by atoms with van der Waals surface area (Å²) in [5.41, 5.74) is 1.65. The van der Waals surface area contributed by atoms with E-state index in [4.69, 9.17) is 14.2 Å². The van der Waals surface area contributed by atoms with Crippen molar-refractivity contribution in [3.63, 3.8) is 0 Å². The number of nitrogens with one attached hydrogen (secondary N) is 1. The van der Waals surface area contributed by atoms with Crippen LogP contribution in [-0.4, -0.2) is 31.7 Å². The Labute approximate surface area is 172 Å². The molecule has 1 N–H and O–H groups in total. The molecular formula is C20H22INO5. The zero-order valence-corrected chi connectivity index (χ0v) is 17.4. The molecule has 0 aliphatic heterocycles. The topological polar surface area (TPSA) is 73.9 Å². The van der Waals surface area contributed by atoms with E-state index in [1.807, 2.05) is 32.0 Å². The number of hydrogen-bond donors (Lipinski definition) is 1. The molecule has 144 valence electrons. The first-order valence-electron chi connectivity index (χ1n) is 8.55. The monoisotopic (exact) mass is 483 g/mol. The van der Waals surface area contributed by atoms with E-state index in [0.29, 0.717) is 18.0 Å². The number of carbonyl (C=O) groups excluding carboxylic acids is 2. The number of benzene rings is 2. The van der Waals surface area contributed by atoms with Crippen LogP contribution in [0.1, 0.15) is 18.9 Å². The second kappa shape index (κ2) is 10.8. The summed E-state index contributed by atoms with van der Waals surface area (Å²) < 4.78 is 16.9. The number of rotatable bonds is 9. The van der Waals surface area contributed by atoms with Gasteiger partial charge < -0.3 is 19.5 Å². The first kappa shape index (κ1) is 21.0. The molecule has 27 heavy (non-hydrogen) atoms. The van der Waals surface area contributed by atoms with Crippen molar-refractivity contribution in [2.45, 2.75) is 20.3 Å². The van der Waals surface area contributed by atoms with Gasteiger partial charge in [0.15, 0.2) is 6.61 Å². The van der Waals surface area contributed by atoms with E-state index in [1.165, 1.54) is 0 Å². The summed E-state index contributed by atoms with van der Waals surface area (Å²) in [6.45, 7) is 4.26. The molecule has 0 aliphatic rings. The minimum atomic E-state index is -0.490. The number of esters is 1. The fourth-order valence-corrected chi connectivity index (χ4v) is 2.87. The SMILES string of the molecule is CCOc1ccc(OCCC(=O)OCC(=O)Nc2ccc(I)cc2C)cc1.